The summed E-state index contributed by atoms with van der Waals surface area (Å²) < 4.78 is 30.2. The topological polar surface area (TPSA) is 84.2 Å². The Hall–Kier alpha value is -2.78. The van der Waals surface area contributed by atoms with E-state index in [1.54, 1.807) is 17.0 Å². The van der Waals surface area contributed by atoms with Crippen LogP contribution in [0, 0.1) is 34.6 Å². The predicted molar refractivity (Wildman–Crippen MR) is 120 cm³/mol. The molecule has 164 valence electrons. The molecule has 1 aliphatic heterocycles. The first-order chi connectivity index (χ1) is 14.7. The van der Waals surface area contributed by atoms with Gasteiger partial charge in [-0.25, -0.2) is 23.4 Å². The number of imidazole rings is 1. The molecule has 3 heterocycles. The molecule has 9 heteroatoms. The van der Waals surface area contributed by atoms with Crippen LogP contribution in [-0.2, 0) is 10.0 Å². The smallest absolute Gasteiger partial charge is 0.243 e. The number of benzene rings is 1. The third kappa shape index (κ3) is 3.95. The van der Waals surface area contributed by atoms with Crippen LogP contribution in [0.3, 0.4) is 0 Å². The van der Waals surface area contributed by atoms with E-state index in [0.29, 0.717) is 31.1 Å². The van der Waals surface area contributed by atoms with E-state index >= 15 is 0 Å². The molecular weight excluding hydrogens is 412 g/mol. The van der Waals surface area contributed by atoms with Crippen LogP contribution in [0.15, 0.2) is 35.7 Å². The highest BCUT2D eigenvalue weighted by molar-refractivity contribution is 7.89. The van der Waals surface area contributed by atoms with Gasteiger partial charge in [-0.3, -0.25) is 4.57 Å². The highest BCUT2D eigenvalue weighted by Gasteiger charge is 2.31. The molecule has 0 atom stereocenters. The third-order valence-corrected chi connectivity index (χ3v) is 8.11. The van der Waals surface area contributed by atoms with E-state index in [1.807, 2.05) is 57.4 Å². The fourth-order valence-corrected chi connectivity index (χ4v) is 6.07. The van der Waals surface area contributed by atoms with Crippen molar-refractivity contribution in [3.8, 4) is 5.82 Å². The highest BCUT2D eigenvalue weighted by Crippen LogP contribution is 2.27. The Bertz CT molecular complexity index is 1200. The summed E-state index contributed by atoms with van der Waals surface area (Å²) in [6.45, 7) is 11.7. The van der Waals surface area contributed by atoms with Crippen LogP contribution in [0.5, 0.6) is 0 Å². The summed E-state index contributed by atoms with van der Waals surface area (Å²) in [6, 6.07) is 5.78. The van der Waals surface area contributed by atoms with Gasteiger partial charge in [0.15, 0.2) is 0 Å². The molecule has 1 aromatic carbocycles. The maximum absolute atomic E-state index is 13.3. The minimum atomic E-state index is -3.54. The van der Waals surface area contributed by atoms with Gasteiger partial charge in [0.2, 0.25) is 10.0 Å². The number of nitrogens with zero attached hydrogens (tertiary/aromatic N) is 6. The van der Waals surface area contributed by atoms with E-state index in [9.17, 15) is 8.42 Å². The molecule has 3 aromatic rings. The number of hydrogen-bond acceptors (Lipinski definition) is 6. The fraction of sp³-hybridized carbons (Fsp3) is 0.409. The van der Waals surface area contributed by atoms with Crippen molar-refractivity contribution in [1.29, 1.82) is 0 Å². The lowest BCUT2D eigenvalue weighted by Gasteiger charge is -2.35. The first kappa shape index (κ1) is 21.5. The van der Waals surface area contributed by atoms with Gasteiger partial charge >= 0.3 is 0 Å². The van der Waals surface area contributed by atoms with E-state index < -0.39 is 10.0 Å². The Morgan fingerprint density at radius 3 is 2.00 bits per heavy atom. The maximum atomic E-state index is 13.3. The van der Waals surface area contributed by atoms with Gasteiger partial charge in [0.05, 0.1) is 10.6 Å². The molecule has 1 aliphatic rings. The second-order valence-electron chi connectivity index (χ2n) is 8.14. The van der Waals surface area contributed by atoms with Crippen molar-refractivity contribution in [2.24, 2.45) is 0 Å². The molecule has 1 saturated heterocycles. The number of hydrogen-bond donors (Lipinski definition) is 0. The minimum Gasteiger partial charge on any atom is -0.354 e. The SMILES string of the molecule is Cc1cc(C)c(S(=O)(=O)N2CCN(c3cc(-n4cnc(C)c4C)ncn3)CC2)c(C)c1. The number of aryl methyl sites for hydroxylation is 4. The fourth-order valence-electron chi connectivity index (χ4n) is 4.23. The van der Waals surface area contributed by atoms with Crippen molar-refractivity contribution in [2.45, 2.75) is 39.5 Å². The molecule has 4 rings (SSSR count). The highest BCUT2D eigenvalue weighted by atomic mass is 32.2. The van der Waals surface area contributed by atoms with Gasteiger partial charge in [-0.15, -0.1) is 0 Å². The lowest BCUT2D eigenvalue weighted by molar-refractivity contribution is 0.383. The monoisotopic (exact) mass is 440 g/mol. The van der Waals surface area contributed by atoms with Crippen LogP contribution in [0.1, 0.15) is 28.1 Å². The minimum absolute atomic E-state index is 0.414. The number of aromatic nitrogens is 4. The van der Waals surface area contributed by atoms with Crippen LogP contribution in [-0.4, -0.2) is 58.4 Å². The van der Waals surface area contributed by atoms with E-state index in [0.717, 1.165) is 39.7 Å². The van der Waals surface area contributed by atoms with Crippen molar-refractivity contribution in [3.63, 3.8) is 0 Å². The lowest BCUT2D eigenvalue weighted by Crippen LogP contribution is -2.49. The number of anilines is 1. The lowest BCUT2D eigenvalue weighted by atomic mass is 10.1. The molecule has 0 amide bonds. The van der Waals surface area contributed by atoms with E-state index in [1.165, 1.54) is 0 Å². The van der Waals surface area contributed by atoms with Crippen molar-refractivity contribution in [3.05, 3.63) is 58.9 Å². The van der Waals surface area contributed by atoms with Gasteiger partial charge in [0.1, 0.15) is 24.3 Å². The summed E-state index contributed by atoms with van der Waals surface area (Å²) >= 11 is 0. The van der Waals surface area contributed by atoms with Crippen molar-refractivity contribution in [1.82, 2.24) is 23.8 Å². The molecular formula is C22H28N6O2S. The summed E-state index contributed by atoms with van der Waals surface area (Å²) in [5.41, 5.74) is 4.66. The molecule has 31 heavy (non-hydrogen) atoms. The van der Waals surface area contributed by atoms with Crippen LogP contribution in [0.25, 0.3) is 5.82 Å². The third-order valence-electron chi connectivity index (χ3n) is 5.90. The zero-order valence-corrected chi connectivity index (χ0v) is 19.4. The molecule has 8 nitrogen and oxygen atoms in total. The average Bonchev–Trinajstić information content (AvgIpc) is 3.06. The standard InChI is InChI=1S/C22H28N6O2S/c1-15-10-16(2)22(17(3)11-15)31(29,30)27-8-6-26(7-9-27)20-12-21(24-13-23-20)28-14-25-18(4)19(28)5/h10-14H,6-9H2,1-5H3. The van der Waals surface area contributed by atoms with Gasteiger partial charge in [-0.05, 0) is 45.7 Å². The zero-order chi connectivity index (χ0) is 22.3. The van der Waals surface area contributed by atoms with Gasteiger partial charge < -0.3 is 4.90 Å². The van der Waals surface area contributed by atoms with Crippen molar-refractivity contribution in [2.75, 3.05) is 31.1 Å². The Kier molecular flexibility index (Phi) is 5.57. The van der Waals surface area contributed by atoms with Crippen LogP contribution in [0.2, 0.25) is 0 Å². The van der Waals surface area contributed by atoms with E-state index in [4.69, 9.17) is 0 Å². The number of sulfonamides is 1. The summed E-state index contributed by atoms with van der Waals surface area (Å²) in [5, 5.41) is 0. The van der Waals surface area contributed by atoms with Crippen molar-refractivity contribution >= 4 is 15.8 Å². The average molecular weight is 441 g/mol. The molecule has 1 fully saturated rings. The van der Waals surface area contributed by atoms with Gasteiger partial charge in [0.25, 0.3) is 0 Å². The summed E-state index contributed by atoms with van der Waals surface area (Å²) in [7, 11) is -3.54. The molecule has 2 aromatic heterocycles. The van der Waals surface area contributed by atoms with Gasteiger partial charge in [0, 0.05) is 37.9 Å². The number of piperazine rings is 1. The quantitative estimate of drug-likeness (QED) is 0.620. The normalized spacial score (nSPS) is 15.5. The summed E-state index contributed by atoms with van der Waals surface area (Å²) in [5.74, 6) is 1.54. The molecule has 0 saturated carbocycles. The molecule has 0 spiro atoms. The maximum Gasteiger partial charge on any atom is 0.243 e. The Morgan fingerprint density at radius 1 is 0.806 bits per heavy atom. The summed E-state index contributed by atoms with van der Waals surface area (Å²) in [4.78, 5) is 15.7. The van der Waals surface area contributed by atoms with Crippen LogP contribution < -0.4 is 4.90 Å². The molecule has 0 unspecified atom stereocenters. The Labute approximate surface area is 183 Å². The van der Waals surface area contributed by atoms with Gasteiger partial charge in [-0.1, -0.05) is 17.7 Å². The van der Waals surface area contributed by atoms with Crippen LogP contribution in [0.4, 0.5) is 5.82 Å². The van der Waals surface area contributed by atoms with E-state index in [-0.39, 0.29) is 0 Å². The predicted octanol–water partition coefficient (Wildman–Crippen LogP) is 2.72. The van der Waals surface area contributed by atoms with E-state index in [2.05, 4.69) is 19.9 Å². The molecule has 0 radical (unpaired) electrons. The Morgan fingerprint density at radius 2 is 1.42 bits per heavy atom. The first-order valence-corrected chi connectivity index (χ1v) is 11.8. The van der Waals surface area contributed by atoms with Gasteiger partial charge in [-0.2, -0.15) is 4.31 Å². The van der Waals surface area contributed by atoms with Crippen LogP contribution >= 0.6 is 0 Å². The molecule has 0 bridgehead atoms. The second-order valence-corrected chi connectivity index (χ2v) is 10.0. The number of rotatable bonds is 4. The first-order valence-electron chi connectivity index (χ1n) is 10.3. The van der Waals surface area contributed by atoms with Crippen molar-refractivity contribution < 1.29 is 8.42 Å². The second kappa shape index (κ2) is 8.05. The molecule has 0 N–H and O–H groups in total. The zero-order valence-electron chi connectivity index (χ0n) is 18.6. The largest absolute Gasteiger partial charge is 0.354 e. The summed E-state index contributed by atoms with van der Waals surface area (Å²) in [6.07, 6.45) is 3.30. The Balaban J connectivity index is 1.53. The molecule has 0 aliphatic carbocycles.